The number of rotatable bonds is 10. The third kappa shape index (κ3) is 6.17. The minimum absolute atomic E-state index is 0.196. The van der Waals surface area contributed by atoms with Crippen LogP contribution < -0.4 is 0 Å². The van der Waals surface area contributed by atoms with Gasteiger partial charge >= 0.3 is 0 Å². The predicted octanol–water partition coefficient (Wildman–Crippen LogP) is 6.19. The molecule has 0 saturated heterocycles. The van der Waals surface area contributed by atoms with Gasteiger partial charge in [0.05, 0.1) is 12.2 Å². The predicted molar refractivity (Wildman–Crippen MR) is 133 cm³/mol. The van der Waals surface area contributed by atoms with Crippen molar-refractivity contribution < 1.29 is 4.39 Å². The molecular weight excluding hydrogens is 409 g/mol. The lowest BCUT2D eigenvalue weighted by atomic mass is 10.0. The molecule has 0 spiro atoms. The van der Waals surface area contributed by atoms with Gasteiger partial charge in [-0.2, -0.15) is 5.10 Å². The molecule has 1 heterocycles. The fraction of sp³-hybridized carbons (Fsp3) is 0.276. The van der Waals surface area contributed by atoms with Crippen molar-refractivity contribution in [1.29, 1.82) is 0 Å². The van der Waals surface area contributed by atoms with Crippen LogP contribution in [0.3, 0.4) is 0 Å². The minimum Gasteiger partial charge on any atom is -0.293 e. The van der Waals surface area contributed by atoms with Crippen molar-refractivity contribution in [2.75, 3.05) is 6.54 Å². The summed E-state index contributed by atoms with van der Waals surface area (Å²) in [7, 11) is 0. The summed E-state index contributed by atoms with van der Waals surface area (Å²) in [6.07, 6.45) is 1.71. The normalized spacial score (nSPS) is 11.3. The highest BCUT2D eigenvalue weighted by Crippen LogP contribution is 2.20. The van der Waals surface area contributed by atoms with Crippen molar-refractivity contribution in [3.63, 3.8) is 0 Å². The van der Waals surface area contributed by atoms with Gasteiger partial charge in [-0.1, -0.05) is 79.7 Å². The van der Waals surface area contributed by atoms with Gasteiger partial charge in [-0.3, -0.25) is 9.58 Å². The quantitative estimate of drug-likeness (QED) is 0.293. The second-order valence-corrected chi connectivity index (χ2v) is 8.57. The summed E-state index contributed by atoms with van der Waals surface area (Å²) < 4.78 is 15.5. The number of aryl methyl sites for hydroxylation is 1. The molecule has 0 N–H and O–H groups in total. The second-order valence-electron chi connectivity index (χ2n) is 8.57. The van der Waals surface area contributed by atoms with Crippen molar-refractivity contribution in [3.8, 4) is 0 Å². The molecule has 4 heteroatoms. The summed E-state index contributed by atoms with van der Waals surface area (Å²) in [4.78, 5) is 2.49. The highest BCUT2D eigenvalue weighted by molar-refractivity contribution is 5.32. The number of benzene rings is 3. The molecule has 0 amide bonds. The molecule has 0 atom stereocenters. The molecule has 0 radical (unpaired) electrons. The SMILES string of the molecule is CCc1c(Cc2ccc(F)cc2)c(C)nn1CCN(Cc1ccccc1)Cc1ccccc1. The Kier molecular flexibility index (Phi) is 7.69. The molecule has 1 aromatic heterocycles. The highest BCUT2D eigenvalue weighted by atomic mass is 19.1. The fourth-order valence-electron chi connectivity index (χ4n) is 4.42. The zero-order valence-corrected chi connectivity index (χ0v) is 19.5. The van der Waals surface area contributed by atoms with Gasteiger partial charge in [0.2, 0.25) is 0 Å². The van der Waals surface area contributed by atoms with Crippen molar-refractivity contribution in [2.24, 2.45) is 0 Å². The number of halogens is 1. The Bertz CT molecular complexity index is 1090. The first-order valence-corrected chi connectivity index (χ1v) is 11.7. The van der Waals surface area contributed by atoms with Crippen LogP contribution in [0.15, 0.2) is 84.9 Å². The van der Waals surface area contributed by atoms with Gasteiger partial charge in [0.15, 0.2) is 0 Å². The van der Waals surface area contributed by atoms with Crippen LogP contribution in [0.5, 0.6) is 0 Å². The minimum atomic E-state index is -0.196. The van der Waals surface area contributed by atoms with Crippen molar-refractivity contribution in [3.05, 3.63) is 124 Å². The maximum absolute atomic E-state index is 13.3. The standard InChI is InChI=1S/C29H32FN3/c1-3-29-28(20-24-14-16-27(30)17-15-24)23(2)31-33(29)19-18-32(21-25-10-6-4-7-11-25)22-26-12-8-5-9-13-26/h4-17H,3,18-22H2,1-2H3. The Morgan fingerprint density at radius 1 is 0.788 bits per heavy atom. The lowest BCUT2D eigenvalue weighted by Gasteiger charge is -2.23. The Balaban J connectivity index is 1.51. The molecule has 3 aromatic carbocycles. The Hall–Kier alpha value is -3.24. The Morgan fingerprint density at radius 3 is 1.91 bits per heavy atom. The van der Waals surface area contributed by atoms with E-state index < -0.39 is 0 Å². The van der Waals surface area contributed by atoms with Crippen LogP contribution in [0.4, 0.5) is 4.39 Å². The number of nitrogens with zero attached hydrogens (tertiary/aromatic N) is 3. The monoisotopic (exact) mass is 441 g/mol. The van der Waals surface area contributed by atoms with Crippen LogP contribution in [-0.4, -0.2) is 21.2 Å². The lowest BCUT2D eigenvalue weighted by Crippen LogP contribution is -2.27. The molecule has 4 aromatic rings. The topological polar surface area (TPSA) is 21.1 Å². The number of hydrogen-bond donors (Lipinski definition) is 0. The third-order valence-corrected chi connectivity index (χ3v) is 6.12. The molecule has 0 fully saturated rings. The van der Waals surface area contributed by atoms with E-state index in [4.69, 9.17) is 5.10 Å². The van der Waals surface area contributed by atoms with Crippen LogP contribution in [0.25, 0.3) is 0 Å². The zero-order valence-electron chi connectivity index (χ0n) is 19.5. The summed E-state index contributed by atoms with van der Waals surface area (Å²) in [5.41, 5.74) is 7.35. The molecular formula is C29H32FN3. The molecule has 3 nitrogen and oxygen atoms in total. The molecule has 0 bridgehead atoms. The summed E-state index contributed by atoms with van der Waals surface area (Å²) in [6.45, 7) is 7.83. The summed E-state index contributed by atoms with van der Waals surface area (Å²) >= 11 is 0. The molecule has 0 aliphatic rings. The Morgan fingerprint density at radius 2 is 1.36 bits per heavy atom. The molecule has 170 valence electrons. The lowest BCUT2D eigenvalue weighted by molar-refractivity contribution is 0.240. The Labute approximate surface area is 196 Å². The van der Waals surface area contributed by atoms with E-state index in [1.54, 1.807) is 0 Å². The van der Waals surface area contributed by atoms with Crippen LogP contribution in [0.2, 0.25) is 0 Å². The van der Waals surface area contributed by atoms with Crippen LogP contribution >= 0.6 is 0 Å². The van der Waals surface area contributed by atoms with Gasteiger partial charge in [0, 0.05) is 37.3 Å². The van der Waals surface area contributed by atoms with E-state index in [0.29, 0.717) is 0 Å². The smallest absolute Gasteiger partial charge is 0.123 e. The maximum atomic E-state index is 13.3. The van der Waals surface area contributed by atoms with Crippen molar-refractivity contribution in [2.45, 2.75) is 46.3 Å². The molecule has 33 heavy (non-hydrogen) atoms. The first-order valence-electron chi connectivity index (χ1n) is 11.7. The van der Waals surface area contributed by atoms with E-state index in [0.717, 1.165) is 50.3 Å². The summed E-state index contributed by atoms with van der Waals surface area (Å²) in [5.74, 6) is -0.196. The van der Waals surface area contributed by atoms with Gasteiger partial charge in [0.25, 0.3) is 0 Å². The van der Waals surface area contributed by atoms with Gasteiger partial charge in [0.1, 0.15) is 5.82 Å². The second kappa shape index (κ2) is 11.1. The van der Waals surface area contributed by atoms with Gasteiger partial charge in [-0.15, -0.1) is 0 Å². The van der Waals surface area contributed by atoms with Crippen LogP contribution in [0, 0.1) is 12.7 Å². The van der Waals surface area contributed by atoms with Gasteiger partial charge < -0.3 is 0 Å². The van der Waals surface area contributed by atoms with Gasteiger partial charge in [-0.05, 0) is 42.2 Å². The summed E-state index contributed by atoms with van der Waals surface area (Å²) in [5, 5.41) is 4.90. The molecule has 0 aliphatic heterocycles. The van der Waals surface area contributed by atoms with Gasteiger partial charge in [-0.25, -0.2) is 4.39 Å². The largest absolute Gasteiger partial charge is 0.293 e. The van der Waals surface area contributed by atoms with Crippen LogP contribution in [-0.2, 0) is 32.5 Å². The average Bonchev–Trinajstić information content (AvgIpc) is 3.14. The highest BCUT2D eigenvalue weighted by Gasteiger charge is 2.16. The van der Waals surface area contributed by atoms with Crippen molar-refractivity contribution >= 4 is 0 Å². The maximum Gasteiger partial charge on any atom is 0.123 e. The first kappa shape index (κ1) is 22.9. The van der Waals surface area contributed by atoms with E-state index in [-0.39, 0.29) is 5.82 Å². The summed E-state index contributed by atoms with van der Waals surface area (Å²) in [6, 6.07) is 28.1. The number of aromatic nitrogens is 2. The number of hydrogen-bond acceptors (Lipinski definition) is 2. The van der Waals surface area contributed by atoms with E-state index >= 15 is 0 Å². The van der Waals surface area contributed by atoms with Crippen molar-refractivity contribution in [1.82, 2.24) is 14.7 Å². The van der Waals surface area contributed by atoms with E-state index in [1.165, 1.54) is 34.5 Å². The molecule has 0 saturated carbocycles. The molecule has 0 unspecified atom stereocenters. The van der Waals surface area contributed by atoms with Crippen LogP contribution in [0.1, 0.15) is 40.6 Å². The average molecular weight is 442 g/mol. The molecule has 0 aliphatic carbocycles. The van der Waals surface area contributed by atoms with E-state index in [9.17, 15) is 4.39 Å². The first-order chi connectivity index (χ1) is 16.1. The zero-order chi connectivity index (χ0) is 23.0. The van der Waals surface area contributed by atoms with E-state index in [1.807, 2.05) is 12.1 Å². The third-order valence-electron chi connectivity index (χ3n) is 6.12. The van der Waals surface area contributed by atoms with E-state index in [2.05, 4.69) is 84.1 Å². The molecule has 4 rings (SSSR count). The fourth-order valence-corrected chi connectivity index (χ4v) is 4.42.